The molecule has 2 saturated heterocycles. The molecule has 2 fully saturated rings. The standard InChI is InChI=1S/C28H33N7O/c36-28(22-8-16-33(17-9-22)20-21-6-14-29-15-7-21)34-18-10-23(11-19-34)35-26-25(5-3-13-31-26)32-27(35)24-4-1-2-12-30-24/h1-7,12-15,22-23,27,32H,8-11,16-20H2. The second-order valence-corrected chi connectivity index (χ2v) is 10.0. The number of amides is 1. The molecule has 1 N–H and O–H groups in total. The number of nitrogens with one attached hydrogen (secondary N) is 1. The fourth-order valence-electron chi connectivity index (χ4n) is 5.90. The molecule has 0 saturated carbocycles. The van der Waals surface area contributed by atoms with Gasteiger partial charge < -0.3 is 15.1 Å². The van der Waals surface area contributed by atoms with Gasteiger partial charge in [-0.1, -0.05) is 6.07 Å². The summed E-state index contributed by atoms with van der Waals surface area (Å²) >= 11 is 0. The molecule has 6 rings (SSSR count). The lowest BCUT2D eigenvalue weighted by atomic mass is 9.93. The molecule has 0 bridgehead atoms. The molecule has 0 spiro atoms. The fourth-order valence-corrected chi connectivity index (χ4v) is 5.90. The number of pyridine rings is 3. The average Bonchev–Trinajstić information content (AvgIpc) is 3.34. The smallest absolute Gasteiger partial charge is 0.225 e. The summed E-state index contributed by atoms with van der Waals surface area (Å²) in [7, 11) is 0. The summed E-state index contributed by atoms with van der Waals surface area (Å²) in [5, 5.41) is 3.62. The first-order valence-electron chi connectivity index (χ1n) is 13.1. The summed E-state index contributed by atoms with van der Waals surface area (Å²) in [6, 6.07) is 14.5. The molecule has 1 atom stereocenters. The predicted octanol–water partition coefficient (Wildman–Crippen LogP) is 3.71. The summed E-state index contributed by atoms with van der Waals surface area (Å²) in [5.74, 6) is 1.48. The number of hydrogen-bond donors (Lipinski definition) is 1. The molecule has 8 heteroatoms. The van der Waals surface area contributed by atoms with Crippen LogP contribution in [0.1, 0.15) is 43.1 Å². The molecule has 0 aromatic carbocycles. The Balaban J connectivity index is 1.06. The molecule has 1 unspecified atom stereocenters. The van der Waals surface area contributed by atoms with Crippen LogP contribution in [0.2, 0.25) is 0 Å². The van der Waals surface area contributed by atoms with Crippen LogP contribution in [0.4, 0.5) is 11.5 Å². The van der Waals surface area contributed by atoms with Gasteiger partial charge in [0.1, 0.15) is 6.17 Å². The highest BCUT2D eigenvalue weighted by Gasteiger charge is 2.39. The van der Waals surface area contributed by atoms with Crippen LogP contribution in [0.5, 0.6) is 0 Å². The highest BCUT2D eigenvalue weighted by molar-refractivity contribution is 5.79. The van der Waals surface area contributed by atoms with Crippen LogP contribution >= 0.6 is 0 Å². The zero-order valence-corrected chi connectivity index (χ0v) is 20.5. The number of carbonyl (C=O) groups is 1. The predicted molar refractivity (Wildman–Crippen MR) is 139 cm³/mol. The second-order valence-electron chi connectivity index (χ2n) is 10.0. The van der Waals surface area contributed by atoms with Gasteiger partial charge in [-0.3, -0.25) is 19.7 Å². The van der Waals surface area contributed by atoms with Gasteiger partial charge in [0.2, 0.25) is 5.91 Å². The van der Waals surface area contributed by atoms with Crippen molar-refractivity contribution in [3.8, 4) is 0 Å². The van der Waals surface area contributed by atoms with Gasteiger partial charge in [0.05, 0.1) is 11.4 Å². The Kier molecular flexibility index (Phi) is 6.51. The lowest BCUT2D eigenvalue weighted by Gasteiger charge is -2.41. The lowest BCUT2D eigenvalue weighted by molar-refractivity contribution is -0.138. The third-order valence-corrected chi connectivity index (χ3v) is 7.83. The van der Waals surface area contributed by atoms with Crippen molar-refractivity contribution >= 4 is 17.4 Å². The zero-order chi connectivity index (χ0) is 24.3. The number of hydrogen-bond acceptors (Lipinski definition) is 7. The molecule has 3 aliphatic heterocycles. The SMILES string of the molecule is O=C(C1CCN(Cc2ccncc2)CC1)N1CCC(N2c3ncccc3NC2c2ccccn2)CC1. The minimum absolute atomic E-state index is 0.0342. The highest BCUT2D eigenvalue weighted by Crippen LogP contribution is 2.42. The Morgan fingerprint density at radius 2 is 1.64 bits per heavy atom. The van der Waals surface area contributed by atoms with Crippen molar-refractivity contribution in [3.63, 3.8) is 0 Å². The molecule has 8 nitrogen and oxygen atoms in total. The van der Waals surface area contributed by atoms with E-state index in [4.69, 9.17) is 4.98 Å². The Morgan fingerprint density at radius 3 is 2.39 bits per heavy atom. The lowest BCUT2D eigenvalue weighted by Crippen LogP contribution is -2.50. The third kappa shape index (κ3) is 4.65. The molecular formula is C28H33N7O. The van der Waals surface area contributed by atoms with E-state index in [0.717, 1.165) is 75.6 Å². The van der Waals surface area contributed by atoms with E-state index < -0.39 is 0 Å². The first-order valence-corrected chi connectivity index (χ1v) is 13.1. The van der Waals surface area contributed by atoms with Crippen molar-refractivity contribution < 1.29 is 4.79 Å². The Labute approximate surface area is 212 Å². The van der Waals surface area contributed by atoms with Crippen molar-refractivity contribution in [3.05, 3.63) is 78.5 Å². The third-order valence-electron chi connectivity index (χ3n) is 7.83. The maximum atomic E-state index is 13.4. The number of anilines is 2. The number of fused-ring (bicyclic) bond motifs is 1. The van der Waals surface area contributed by atoms with E-state index in [1.54, 1.807) is 0 Å². The highest BCUT2D eigenvalue weighted by atomic mass is 16.2. The van der Waals surface area contributed by atoms with Gasteiger partial charge in [-0.25, -0.2) is 4.98 Å². The van der Waals surface area contributed by atoms with Crippen LogP contribution < -0.4 is 10.2 Å². The molecule has 0 radical (unpaired) electrons. The molecule has 1 amide bonds. The van der Waals surface area contributed by atoms with Crippen molar-refractivity contribution in [1.82, 2.24) is 24.8 Å². The molecule has 0 aliphatic carbocycles. The molecule has 6 heterocycles. The van der Waals surface area contributed by atoms with Crippen molar-refractivity contribution in [1.29, 1.82) is 0 Å². The number of rotatable bonds is 5. The van der Waals surface area contributed by atoms with E-state index in [0.29, 0.717) is 11.9 Å². The maximum Gasteiger partial charge on any atom is 0.225 e. The van der Waals surface area contributed by atoms with Crippen molar-refractivity contribution in [2.24, 2.45) is 5.92 Å². The maximum absolute atomic E-state index is 13.4. The summed E-state index contributed by atoms with van der Waals surface area (Å²) < 4.78 is 0. The first kappa shape index (κ1) is 22.9. The van der Waals surface area contributed by atoms with Gasteiger partial charge in [0, 0.05) is 56.4 Å². The van der Waals surface area contributed by atoms with Crippen LogP contribution in [0.15, 0.2) is 67.3 Å². The molecule has 186 valence electrons. The number of aromatic nitrogens is 3. The Bertz CT molecular complexity index is 1160. The fraction of sp³-hybridized carbons (Fsp3) is 0.429. The van der Waals surface area contributed by atoms with Gasteiger partial charge in [0.25, 0.3) is 0 Å². The summed E-state index contributed by atoms with van der Waals surface area (Å²) in [4.78, 5) is 33.8. The quantitative estimate of drug-likeness (QED) is 0.593. The van der Waals surface area contributed by atoms with E-state index >= 15 is 0 Å². The summed E-state index contributed by atoms with van der Waals surface area (Å²) in [6.45, 7) is 4.49. The first-order chi connectivity index (χ1) is 17.8. The van der Waals surface area contributed by atoms with E-state index in [-0.39, 0.29) is 12.1 Å². The topological polar surface area (TPSA) is 77.5 Å². The molecule has 3 aromatic rings. The minimum Gasteiger partial charge on any atom is -0.357 e. The normalized spacial score (nSPS) is 21.3. The average molecular weight is 484 g/mol. The van der Waals surface area contributed by atoms with Gasteiger partial charge in [-0.2, -0.15) is 0 Å². The van der Waals surface area contributed by atoms with E-state index in [9.17, 15) is 4.79 Å². The molecule has 3 aliphatic rings. The zero-order valence-electron chi connectivity index (χ0n) is 20.5. The summed E-state index contributed by atoms with van der Waals surface area (Å²) in [5.41, 5.74) is 3.33. The number of nitrogens with zero attached hydrogens (tertiary/aromatic N) is 6. The van der Waals surface area contributed by atoms with Gasteiger partial charge >= 0.3 is 0 Å². The van der Waals surface area contributed by atoms with Crippen LogP contribution in [0.3, 0.4) is 0 Å². The Morgan fingerprint density at radius 1 is 0.861 bits per heavy atom. The minimum atomic E-state index is -0.0342. The molecule has 3 aromatic heterocycles. The van der Waals surface area contributed by atoms with Gasteiger partial charge in [0.15, 0.2) is 5.82 Å². The summed E-state index contributed by atoms with van der Waals surface area (Å²) in [6.07, 6.45) is 11.1. The van der Waals surface area contributed by atoms with Crippen LogP contribution in [-0.2, 0) is 11.3 Å². The van der Waals surface area contributed by atoms with Crippen molar-refractivity contribution in [2.75, 3.05) is 36.4 Å². The van der Waals surface area contributed by atoms with Crippen molar-refractivity contribution in [2.45, 2.75) is 44.4 Å². The van der Waals surface area contributed by atoms with Gasteiger partial charge in [-0.15, -0.1) is 0 Å². The number of carbonyl (C=O) groups excluding carboxylic acids is 1. The molecular weight excluding hydrogens is 450 g/mol. The van der Waals surface area contributed by atoms with E-state index in [1.165, 1.54) is 5.56 Å². The Hall–Kier alpha value is -3.52. The second kappa shape index (κ2) is 10.2. The van der Waals surface area contributed by atoms with Crippen LogP contribution in [-0.4, -0.2) is 62.9 Å². The van der Waals surface area contributed by atoms with Gasteiger partial charge in [-0.05, 0) is 80.7 Å². The van der Waals surface area contributed by atoms with Crippen LogP contribution in [0.25, 0.3) is 0 Å². The molecule has 36 heavy (non-hydrogen) atoms. The van der Waals surface area contributed by atoms with E-state index in [1.807, 2.05) is 43.0 Å². The number of piperidine rings is 2. The largest absolute Gasteiger partial charge is 0.357 e. The number of likely N-dealkylation sites (tertiary alicyclic amines) is 2. The van der Waals surface area contributed by atoms with Crippen LogP contribution in [0, 0.1) is 5.92 Å². The monoisotopic (exact) mass is 483 g/mol. The van der Waals surface area contributed by atoms with E-state index in [2.05, 4.69) is 54.2 Å².